The number of β-amino-alcohol motifs (C(OH)–C–C–N with tert-alkyl or cyclic N) is 1. The summed E-state index contributed by atoms with van der Waals surface area (Å²) in [4.78, 5) is 5.29. The summed E-state index contributed by atoms with van der Waals surface area (Å²) in [5.74, 6) is -1.76. The molecule has 1 aromatic rings. The molecule has 1 aliphatic heterocycles. The van der Waals surface area contributed by atoms with Crippen molar-refractivity contribution >= 4 is 11.6 Å². The van der Waals surface area contributed by atoms with Crippen molar-refractivity contribution in [2.24, 2.45) is 5.92 Å². The summed E-state index contributed by atoms with van der Waals surface area (Å²) in [7, 11) is 0. The van der Waals surface area contributed by atoms with Crippen LogP contribution in [0.3, 0.4) is 0 Å². The number of nitrogens with zero attached hydrogens (tertiary/aromatic N) is 2. The van der Waals surface area contributed by atoms with E-state index in [1.54, 1.807) is 4.90 Å². The summed E-state index contributed by atoms with van der Waals surface area (Å²) in [5.41, 5.74) is 5.32. The van der Waals surface area contributed by atoms with E-state index in [-0.39, 0.29) is 24.1 Å². The number of anilines is 2. The van der Waals surface area contributed by atoms with E-state index in [9.17, 15) is 13.9 Å². The minimum Gasteiger partial charge on any atom is -0.391 e. The molecule has 2 atom stereocenters. The molecule has 3 N–H and O–H groups in total. The van der Waals surface area contributed by atoms with Gasteiger partial charge in [-0.1, -0.05) is 6.92 Å². The first-order chi connectivity index (χ1) is 7.99. The number of hydrogen-bond donors (Lipinski definition) is 2. The smallest absolute Gasteiger partial charge is 0.168 e. The van der Waals surface area contributed by atoms with E-state index in [4.69, 9.17) is 5.73 Å². The van der Waals surface area contributed by atoms with Crippen molar-refractivity contribution in [3.05, 3.63) is 17.7 Å². The fourth-order valence-electron chi connectivity index (χ4n) is 1.93. The summed E-state index contributed by atoms with van der Waals surface area (Å²) < 4.78 is 26.5. The molecule has 1 fully saturated rings. The third kappa shape index (κ3) is 2.31. The zero-order chi connectivity index (χ0) is 12.6. The lowest BCUT2D eigenvalue weighted by Gasteiger charge is -2.35. The fraction of sp³-hybridized carbons (Fsp3) is 0.545. The van der Waals surface area contributed by atoms with Crippen LogP contribution in [0.2, 0.25) is 0 Å². The minimum atomic E-state index is -0.864. The summed E-state index contributed by atoms with van der Waals surface area (Å²) in [6.07, 6.45) is 0.204. The Morgan fingerprint density at radius 2 is 2.18 bits per heavy atom. The Kier molecular flexibility index (Phi) is 3.15. The number of rotatable bonds is 1. The van der Waals surface area contributed by atoms with Gasteiger partial charge in [0, 0.05) is 19.2 Å². The number of pyridine rings is 1. The van der Waals surface area contributed by atoms with E-state index in [0.29, 0.717) is 6.54 Å². The molecular formula is C11H15F2N3O. The summed E-state index contributed by atoms with van der Waals surface area (Å²) >= 11 is 0. The van der Waals surface area contributed by atoms with Crippen LogP contribution < -0.4 is 10.6 Å². The fourth-order valence-corrected chi connectivity index (χ4v) is 1.93. The maximum Gasteiger partial charge on any atom is 0.168 e. The molecule has 2 heterocycles. The lowest BCUT2D eigenvalue weighted by Crippen LogP contribution is -2.43. The van der Waals surface area contributed by atoms with Crippen LogP contribution in [0, 0.1) is 17.6 Å². The average Bonchev–Trinajstić information content (AvgIpc) is 2.27. The van der Waals surface area contributed by atoms with Gasteiger partial charge in [-0.05, 0) is 12.3 Å². The number of nitrogen functional groups attached to an aromatic ring is 1. The van der Waals surface area contributed by atoms with E-state index in [0.717, 1.165) is 12.5 Å². The molecule has 94 valence electrons. The largest absolute Gasteiger partial charge is 0.391 e. The van der Waals surface area contributed by atoms with Crippen LogP contribution >= 0.6 is 0 Å². The Balaban J connectivity index is 2.26. The summed E-state index contributed by atoms with van der Waals surface area (Å²) in [5, 5.41) is 9.73. The standard InChI is InChI=1S/C11H15F2N3O/c1-6-2-3-16(5-9(6)17)11-8(13)4-7(12)10(14)15-11/h4,6,9,17H,2-3,5H2,1H3,(H2,14,15). The molecule has 1 aliphatic rings. The van der Waals surface area contributed by atoms with Crippen LogP contribution in [0.5, 0.6) is 0 Å². The Labute approximate surface area is 98.1 Å². The number of aliphatic hydroxyl groups is 1. The molecular weight excluding hydrogens is 228 g/mol. The Morgan fingerprint density at radius 3 is 2.82 bits per heavy atom. The van der Waals surface area contributed by atoms with E-state index >= 15 is 0 Å². The van der Waals surface area contributed by atoms with Gasteiger partial charge in [0.05, 0.1) is 6.10 Å². The number of nitrogens with two attached hydrogens (primary N) is 1. The van der Waals surface area contributed by atoms with Gasteiger partial charge in [-0.25, -0.2) is 13.8 Å². The number of aliphatic hydroxyl groups excluding tert-OH is 1. The second kappa shape index (κ2) is 4.44. The number of piperidine rings is 1. The quantitative estimate of drug-likeness (QED) is 0.776. The third-order valence-corrected chi connectivity index (χ3v) is 3.16. The average molecular weight is 243 g/mol. The molecule has 0 aliphatic carbocycles. The van der Waals surface area contributed by atoms with Crippen molar-refractivity contribution in [2.45, 2.75) is 19.4 Å². The molecule has 1 aromatic heterocycles. The molecule has 2 unspecified atom stereocenters. The van der Waals surface area contributed by atoms with Crippen molar-refractivity contribution in [3.8, 4) is 0 Å². The SMILES string of the molecule is CC1CCN(c2nc(N)c(F)cc2F)CC1O. The van der Waals surface area contributed by atoms with Crippen LogP contribution in [0.25, 0.3) is 0 Å². The van der Waals surface area contributed by atoms with Crippen molar-refractivity contribution in [1.82, 2.24) is 4.98 Å². The van der Waals surface area contributed by atoms with Crippen LogP contribution in [0.1, 0.15) is 13.3 Å². The predicted octanol–water partition coefficient (Wildman–Crippen LogP) is 1.15. The molecule has 17 heavy (non-hydrogen) atoms. The Bertz CT molecular complexity index is 427. The van der Waals surface area contributed by atoms with Gasteiger partial charge < -0.3 is 15.7 Å². The number of halogens is 2. The molecule has 0 bridgehead atoms. The molecule has 0 saturated carbocycles. The van der Waals surface area contributed by atoms with Gasteiger partial charge in [0.15, 0.2) is 23.3 Å². The highest BCUT2D eigenvalue weighted by molar-refractivity contribution is 5.47. The minimum absolute atomic E-state index is 0.00912. The summed E-state index contributed by atoms with van der Waals surface area (Å²) in [6.45, 7) is 2.80. The highest BCUT2D eigenvalue weighted by Gasteiger charge is 2.27. The van der Waals surface area contributed by atoms with E-state index in [1.807, 2.05) is 6.92 Å². The van der Waals surface area contributed by atoms with Gasteiger partial charge in [-0.2, -0.15) is 0 Å². The number of hydrogen-bond acceptors (Lipinski definition) is 4. The van der Waals surface area contributed by atoms with Gasteiger partial charge in [0.1, 0.15) is 0 Å². The van der Waals surface area contributed by atoms with Crippen molar-refractivity contribution < 1.29 is 13.9 Å². The van der Waals surface area contributed by atoms with Gasteiger partial charge in [-0.15, -0.1) is 0 Å². The zero-order valence-electron chi connectivity index (χ0n) is 9.53. The van der Waals surface area contributed by atoms with Gasteiger partial charge in [0.2, 0.25) is 0 Å². The maximum atomic E-state index is 13.6. The van der Waals surface area contributed by atoms with Gasteiger partial charge in [0.25, 0.3) is 0 Å². The molecule has 0 spiro atoms. The monoisotopic (exact) mass is 243 g/mol. The molecule has 0 aromatic carbocycles. The van der Waals surface area contributed by atoms with Gasteiger partial charge >= 0.3 is 0 Å². The predicted molar refractivity (Wildman–Crippen MR) is 60.6 cm³/mol. The molecule has 2 rings (SSSR count). The third-order valence-electron chi connectivity index (χ3n) is 3.16. The maximum absolute atomic E-state index is 13.6. The highest BCUT2D eigenvalue weighted by atomic mass is 19.1. The van der Waals surface area contributed by atoms with Crippen molar-refractivity contribution in [3.63, 3.8) is 0 Å². The molecule has 0 radical (unpaired) electrons. The lowest BCUT2D eigenvalue weighted by molar-refractivity contribution is 0.102. The molecule has 0 amide bonds. The van der Waals surface area contributed by atoms with Crippen LogP contribution in [0.4, 0.5) is 20.4 Å². The van der Waals surface area contributed by atoms with Gasteiger partial charge in [-0.3, -0.25) is 0 Å². The molecule has 6 heteroatoms. The first kappa shape index (κ1) is 12.0. The zero-order valence-corrected chi connectivity index (χ0v) is 9.53. The lowest BCUT2D eigenvalue weighted by atomic mass is 9.96. The van der Waals surface area contributed by atoms with E-state index < -0.39 is 17.7 Å². The Hall–Kier alpha value is -1.43. The van der Waals surface area contributed by atoms with Crippen molar-refractivity contribution in [1.29, 1.82) is 0 Å². The van der Waals surface area contributed by atoms with Crippen LogP contribution in [0.15, 0.2) is 6.07 Å². The van der Waals surface area contributed by atoms with Crippen LogP contribution in [-0.2, 0) is 0 Å². The van der Waals surface area contributed by atoms with E-state index in [1.165, 1.54) is 0 Å². The van der Waals surface area contributed by atoms with Crippen molar-refractivity contribution in [2.75, 3.05) is 23.7 Å². The molecule has 4 nitrogen and oxygen atoms in total. The Morgan fingerprint density at radius 1 is 1.47 bits per heavy atom. The normalized spacial score (nSPS) is 25.1. The second-order valence-corrected chi connectivity index (χ2v) is 4.44. The highest BCUT2D eigenvalue weighted by Crippen LogP contribution is 2.25. The first-order valence-corrected chi connectivity index (χ1v) is 5.53. The number of aromatic nitrogens is 1. The van der Waals surface area contributed by atoms with E-state index in [2.05, 4.69) is 4.98 Å². The summed E-state index contributed by atoms with van der Waals surface area (Å²) in [6, 6.07) is 0.724. The van der Waals surface area contributed by atoms with Crippen LogP contribution in [-0.4, -0.2) is 29.3 Å². The topological polar surface area (TPSA) is 62.4 Å². The second-order valence-electron chi connectivity index (χ2n) is 4.44. The first-order valence-electron chi connectivity index (χ1n) is 5.53. The molecule has 1 saturated heterocycles.